The Labute approximate surface area is 80.5 Å². The molecule has 0 aromatic carbocycles. The zero-order valence-corrected chi connectivity index (χ0v) is 9.10. The van der Waals surface area contributed by atoms with E-state index < -0.39 is 15.5 Å². The average Bonchev–Trinajstić information content (AvgIpc) is 2.02. The summed E-state index contributed by atoms with van der Waals surface area (Å²) in [4.78, 5) is 0. The Kier molecular flexibility index (Phi) is 6.28. The SMILES string of the molecule is CCCCCCC(NC)S(=O)(=O)O. The lowest BCUT2D eigenvalue weighted by Crippen LogP contribution is -2.33. The molecule has 0 heterocycles. The first-order chi connectivity index (χ1) is 6.02. The van der Waals surface area contributed by atoms with E-state index in [1.807, 2.05) is 0 Å². The Bertz CT molecular complexity index is 213. The largest absolute Gasteiger partial charge is 0.302 e. The van der Waals surface area contributed by atoms with Crippen molar-refractivity contribution in [3.63, 3.8) is 0 Å². The molecule has 1 unspecified atom stereocenters. The first-order valence-electron chi connectivity index (χ1n) is 4.66. The molecule has 1 atom stereocenters. The molecule has 0 aliphatic heterocycles. The van der Waals surface area contributed by atoms with Crippen LogP contribution in [0.3, 0.4) is 0 Å². The van der Waals surface area contributed by atoms with Gasteiger partial charge in [0, 0.05) is 0 Å². The Balaban J connectivity index is 3.74. The monoisotopic (exact) mass is 209 g/mol. The number of hydrogen-bond acceptors (Lipinski definition) is 3. The summed E-state index contributed by atoms with van der Waals surface area (Å²) in [5.41, 5.74) is 0. The summed E-state index contributed by atoms with van der Waals surface area (Å²) in [6.45, 7) is 2.10. The Morgan fingerprint density at radius 1 is 1.31 bits per heavy atom. The van der Waals surface area contributed by atoms with Crippen LogP contribution < -0.4 is 5.32 Å². The third-order valence-electron chi connectivity index (χ3n) is 2.00. The van der Waals surface area contributed by atoms with Gasteiger partial charge in [-0.1, -0.05) is 32.6 Å². The van der Waals surface area contributed by atoms with Gasteiger partial charge in [0.25, 0.3) is 10.1 Å². The summed E-state index contributed by atoms with van der Waals surface area (Å²) < 4.78 is 30.2. The van der Waals surface area contributed by atoms with Crippen molar-refractivity contribution >= 4 is 10.1 Å². The van der Waals surface area contributed by atoms with Gasteiger partial charge in [0.2, 0.25) is 0 Å². The second-order valence-corrected chi connectivity index (χ2v) is 4.74. The van der Waals surface area contributed by atoms with Gasteiger partial charge in [0.1, 0.15) is 5.37 Å². The van der Waals surface area contributed by atoms with E-state index in [9.17, 15) is 8.42 Å². The van der Waals surface area contributed by atoms with Crippen LogP contribution in [0, 0.1) is 0 Å². The molecular formula is C8H19NO3S. The lowest BCUT2D eigenvalue weighted by Gasteiger charge is -2.11. The van der Waals surface area contributed by atoms with Crippen LogP contribution in [0.2, 0.25) is 0 Å². The normalized spacial score (nSPS) is 14.4. The fraction of sp³-hybridized carbons (Fsp3) is 1.00. The zero-order chi connectivity index (χ0) is 10.3. The average molecular weight is 209 g/mol. The third-order valence-corrected chi connectivity index (χ3v) is 3.19. The smallest absolute Gasteiger partial charge is 0.281 e. The van der Waals surface area contributed by atoms with Crippen molar-refractivity contribution in [3.8, 4) is 0 Å². The van der Waals surface area contributed by atoms with E-state index in [0.717, 1.165) is 25.7 Å². The topological polar surface area (TPSA) is 66.4 Å². The highest BCUT2D eigenvalue weighted by atomic mass is 32.2. The fourth-order valence-electron chi connectivity index (χ4n) is 1.20. The minimum atomic E-state index is -3.91. The fourth-order valence-corrected chi connectivity index (χ4v) is 1.96. The minimum absolute atomic E-state index is 0.481. The Morgan fingerprint density at radius 2 is 1.92 bits per heavy atom. The predicted octanol–water partition coefficient (Wildman–Crippen LogP) is 1.39. The van der Waals surface area contributed by atoms with Crippen LogP contribution in [0.4, 0.5) is 0 Å². The van der Waals surface area contributed by atoms with Gasteiger partial charge in [-0.05, 0) is 13.5 Å². The van der Waals surface area contributed by atoms with Crippen molar-refractivity contribution in [2.45, 2.75) is 44.4 Å². The van der Waals surface area contributed by atoms with E-state index >= 15 is 0 Å². The molecule has 4 nitrogen and oxygen atoms in total. The number of unbranched alkanes of at least 4 members (excludes halogenated alkanes) is 3. The Hall–Kier alpha value is -0.130. The molecule has 0 rings (SSSR count). The van der Waals surface area contributed by atoms with Crippen molar-refractivity contribution in [3.05, 3.63) is 0 Å². The van der Waals surface area contributed by atoms with Crippen LogP contribution >= 0.6 is 0 Å². The third kappa shape index (κ3) is 6.01. The molecule has 0 radical (unpaired) electrons. The molecule has 5 heteroatoms. The van der Waals surface area contributed by atoms with Crippen molar-refractivity contribution in [1.29, 1.82) is 0 Å². The van der Waals surface area contributed by atoms with E-state index in [0.29, 0.717) is 6.42 Å². The molecule has 0 amide bonds. The molecule has 0 saturated heterocycles. The molecule has 0 bridgehead atoms. The second-order valence-electron chi connectivity index (χ2n) is 3.14. The van der Waals surface area contributed by atoms with E-state index in [2.05, 4.69) is 12.2 Å². The molecule has 0 saturated carbocycles. The van der Waals surface area contributed by atoms with Crippen molar-refractivity contribution in [2.24, 2.45) is 0 Å². The quantitative estimate of drug-likeness (QED) is 0.491. The van der Waals surface area contributed by atoms with Gasteiger partial charge >= 0.3 is 0 Å². The highest BCUT2D eigenvalue weighted by molar-refractivity contribution is 7.86. The summed E-state index contributed by atoms with van der Waals surface area (Å²) in [6, 6.07) is 0. The lowest BCUT2D eigenvalue weighted by molar-refractivity contribution is 0.444. The summed E-state index contributed by atoms with van der Waals surface area (Å²) in [6.07, 6.45) is 4.57. The molecule has 0 aliphatic carbocycles. The van der Waals surface area contributed by atoms with Crippen molar-refractivity contribution in [1.82, 2.24) is 5.32 Å². The van der Waals surface area contributed by atoms with Gasteiger partial charge in [-0.15, -0.1) is 0 Å². The van der Waals surface area contributed by atoms with Gasteiger partial charge in [0.15, 0.2) is 0 Å². The van der Waals surface area contributed by atoms with Gasteiger partial charge in [-0.25, -0.2) is 0 Å². The minimum Gasteiger partial charge on any atom is -0.302 e. The molecule has 0 fully saturated rings. The first kappa shape index (κ1) is 12.9. The van der Waals surface area contributed by atoms with Crippen LogP contribution in [0.1, 0.15) is 39.0 Å². The highest BCUT2D eigenvalue weighted by Crippen LogP contribution is 2.08. The number of hydrogen-bond donors (Lipinski definition) is 2. The van der Waals surface area contributed by atoms with Gasteiger partial charge in [-0.3, -0.25) is 4.55 Å². The molecule has 13 heavy (non-hydrogen) atoms. The number of rotatable bonds is 7. The zero-order valence-electron chi connectivity index (χ0n) is 8.28. The predicted molar refractivity (Wildman–Crippen MR) is 53.2 cm³/mol. The van der Waals surface area contributed by atoms with Crippen LogP contribution in [-0.2, 0) is 10.1 Å². The molecule has 80 valence electrons. The van der Waals surface area contributed by atoms with E-state index in [1.54, 1.807) is 0 Å². The molecule has 0 aromatic heterocycles. The van der Waals surface area contributed by atoms with Crippen molar-refractivity contribution in [2.75, 3.05) is 7.05 Å². The molecule has 2 N–H and O–H groups in total. The maximum atomic E-state index is 10.7. The van der Waals surface area contributed by atoms with Crippen molar-refractivity contribution < 1.29 is 13.0 Å². The van der Waals surface area contributed by atoms with Crippen LogP contribution in [-0.4, -0.2) is 25.4 Å². The standard InChI is InChI=1S/C8H19NO3S/c1-3-4-5-6-7-8(9-2)13(10,11)12/h8-9H,3-7H2,1-2H3,(H,10,11,12). The maximum absolute atomic E-state index is 10.7. The summed E-state index contributed by atoms with van der Waals surface area (Å²) >= 11 is 0. The highest BCUT2D eigenvalue weighted by Gasteiger charge is 2.19. The maximum Gasteiger partial charge on any atom is 0.281 e. The van der Waals surface area contributed by atoms with Crippen LogP contribution in [0.5, 0.6) is 0 Å². The Morgan fingerprint density at radius 3 is 2.31 bits per heavy atom. The molecule has 0 aromatic rings. The molecule has 0 aliphatic rings. The van der Waals surface area contributed by atoms with E-state index in [1.165, 1.54) is 7.05 Å². The van der Waals surface area contributed by atoms with Crippen LogP contribution in [0.15, 0.2) is 0 Å². The molecule has 0 spiro atoms. The lowest BCUT2D eigenvalue weighted by atomic mass is 10.1. The van der Waals surface area contributed by atoms with Gasteiger partial charge < -0.3 is 5.32 Å². The van der Waals surface area contributed by atoms with Gasteiger partial charge in [0.05, 0.1) is 0 Å². The van der Waals surface area contributed by atoms with E-state index in [-0.39, 0.29) is 0 Å². The van der Waals surface area contributed by atoms with Gasteiger partial charge in [-0.2, -0.15) is 8.42 Å². The summed E-state index contributed by atoms with van der Waals surface area (Å²) in [7, 11) is -2.37. The summed E-state index contributed by atoms with van der Waals surface area (Å²) in [5.74, 6) is 0. The van der Waals surface area contributed by atoms with Crippen LogP contribution in [0.25, 0.3) is 0 Å². The second kappa shape index (κ2) is 6.34. The van der Waals surface area contributed by atoms with E-state index in [4.69, 9.17) is 4.55 Å². The molecular weight excluding hydrogens is 190 g/mol. The number of nitrogens with one attached hydrogen (secondary N) is 1. The first-order valence-corrected chi connectivity index (χ1v) is 6.16. The summed E-state index contributed by atoms with van der Waals surface area (Å²) in [5, 5.41) is 1.78.